The van der Waals surface area contributed by atoms with E-state index in [1.165, 1.54) is 16.7 Å². The van der Waals surface area contributed by atoms with Crippen molar-refractivity contribution in [3.05, 3.63) is 64.2 Å². The number of benzene rings is 2. The fourth-order valence-electron chi connectivity index (χ4n) is 2.99. The van der Waals surface area contributed by atoms with Crippen molar-refractivity contribution >= 4 is 5.97 Å². The quantitative estimate of drug-likeness (QED) is 0.575. The first-order valence-corrected chi connectivity index (χ1v) is 6.93. The molecule has 2 aromatic rings. The third-order valence-electron chi connectivity index (χ3n) is 3.92. The summed E-state index contributed by atoms with van der Waals surface area (Å²) in [5.41, 5.74) is 5.88. The van der Waals surface area contributed by atoms with Crippen LogP contribution in [-0.4, -0.2) is 5.97 Å². The van der Waals surface area contributed by atoms with Gasteiger partial charge in [-0.25, -0.2) is 0 Å². The Kier molecular flexibility index (Phi) is 3.09. The van der Waals surface area contributed by atoms with E-state index in [0.29, 0.717) is 6.42 Å². The Morgan fingerprint density at radius 3 is 2.40 bits per heavy atom. The molecule has 2 heteroatoms. The molecule has 2 aromatic carbocycles. The van der Waals surface area contributed by atoms with Gasteiger partial charge in [0.2, 0.25) is 0 Å². The molecule has 0 saturated heterocycles. The first-order valence-electron chi connectivity index (χ1n) is 6.93. The normalized spacial score (nSPS) is 17.6. The number of fused-ring (bicyclic) bond motifs is 1. The first kappa shape index (κ1) is 12.9. The summed E-state index contributed by atoms with van der Waals surface area (Å²) >= 11 is 0. The molecule has 0 spiro atoms. The number of aryl methyl sites for hydroxylation is 3. The zero-order valence-electron chi connectivity index (χ0n) is 12.1. The lowest BCUT2D eigenvalue weighted by Crippen LogP contribution is -2.22. The third kappa shape index (κ3) is 2.22. The Morgan fingerprint density at radius 2 is 1.70 bits per heavy atom. The van der Waals surface area contributed by atoms with E-state index in [0.717, 1.165) is 16.9 Å². The molecule has 0 aromatic heterocycles. The smallest absolute Gasteiger partial charge is 0.312 e. The van der Waals surface area contributed by atoms with Crippen LogP contribution in [0.2, 0.25) is 0 Å². The van der Waals surface area contributed by atoms with E-state index in [-0.39, 0.29) is 11.9 Å². The Bertz CT molecular complexity index is 669. The second kappa shape index (κ2) is 4.78. The molecule has 0 radical (unpaired) electrons. The highest BCUT2D eigenvalue weighted by atomic mass is 16.5. The maximum absolute atomic E-state index is 11.9. The summed E-state index contributed by atoms with van der Waals surface area (Å²) in [6.07, 6.45) is 0.417. The molecule has 0 aliphatic carbocycles. The lowest BCUT2D eigenvalue weighted by atomic mass is 9.83. The van der Waals surface area contributed by atoms with Gasteiger partial charge in [0, 0.05) is 11.5 Å². The average Bonchev–Trinajstić information content (AvgIpc) is 2.37. The molecule has 0 N–H and O–H groups in total. The fraction of sp³-hybridized carbons (Fsp3) is 0.278. The highest BCUT2D eigenvalue weighted by Crippen LogP contribution is 2.41. The molecule has 0 amide bonds. The summed E-state index contributed by atoms with van der Waals surface area (Å²) in [7, 11) is 0. The second-order valence-electron chi connectivity index (χ2n) is 5.64. The van der Waals surface area contributed by atoms with E-state index in [4.69, 9.17) is 4.74 Å². The van der Waals surface area contributed by atoms with Gasteiger partial charge in [0.25, 0.3) is 0 Å². The Morgan fingerprint density at radius 1 is 1.00 bits per heavy atom. The van der Waals surface area contributed by atoms with E-state index < -0.39 is 0 Å². The fourth-order valence-corrected chi connectivity index (χ4v) is 2.99. The van der Waals surface area contributed by atoms with Crippen molar-refractivity contribution in [2.45, 2.75) is 33.1 Å². The Balaban J connectivity index is 2.14. The monoisotopic (exact) mass is 266 g/mol. The maximum atomic E-state index is 11.9. The third-order valence-corrected chi connectivity index (χ3v) is 3.92. The lowest BCUT2D eigenvalue weighted by Gasteiger charge is -2.27. The van der Waals surface area contributed by atoms with Gasteiger partial charge in [-0.1, -0.05) is 35.9 Å². The summed E-state index contributed by atoms with van der Waals surface area (Å²) < 4.78 is 5.43. The average molecular weight is 266 g/mol. The molecule has 3 rings (SSSR count). The van der Waals surface area contributed by atoms with E-state index in [1.807, 2.05) is 13.0 Å². The van der Waals surface area contributed by atoms with Crippen molar-refractivity contribution in [3.63, 3.8) is 0 Å². The van der Waals surface area contributed by atoms with E-state index in [1.54, 1.807) is 0 Å². The summed E-state index contributed by atoms with van der Waals surface area (Å²) in [6.45, 7) is 6.18. The minimum absolute atomic E-state index is 0.104. The molecule has 0 fully saturated rings. The van der Waals surface area contributed by atoms with Crippen molar-refractivity contribution in [2.75, 3.05) is 0 Å². The van der Waals surface area contributed by atoms with Crippen molar-refractivity contribution in [3.8, 4) is 5.75 Å². The Labute approximate surface area is 119 Å². The molecule has 102 valence electrons. The minimum Gasteiger partial charge on any atom is -0.426 e. The molecule has 1 atom stereocenters. The Hall–Kier alpha value is -2.09. The van der Waals surface area contributed by atoms with Gasteiger partial charge in [-0.05, 0) is 43.5 Å². The summed E-state index contributed by atoms with van der Waals surface area (Å²) in [5.74, 6) is 0.685. The van der Waals surface area contributed by atoms with Crippen LogP contribution >= 0.6 is 0 Å². The first-order chi connectivity index (χ1) is 9.54. The van der Waals surface area contributed by atoms with Gasteiger partial charge in [0.15, 0.2) is 0 Å². The SMILES string of the molecule is Cc1ccc([C@H]2CC(=O)Oc3cc(C)cc(C)c32)cc1. The zero-order valence-corrected chi connectivity index (χ0v) is 12.1. The van der Waals surface area contributed by atoms with Crippen LogP contribution in [-0.2, 0) is 4.79 Å². The predicted octanol–water partition coefficient (Wildman–Crippen LogP) is 4.05. The molecule has 0 bridgehead atoms. The molecule has 2 nitrogen and oxygen atoms in total. The van der Waals surface area contributed by atoms with E-state index in [2.05, 4.69) is 44.2 Å². The summed E-state index contributed by atoms with van der Waals surface area (Å²) in [4.78, 5) is 11.9. The van der Waals surface area contributed by atoms with Gasteiger partial charge in [-0.15, -0.1) is 0 Å². The molecule has 1 aliphatic rings. The highest BCUT2D eigenvalue weighted by Gasteiger charge is 2.29. The number of carbonyl (C=O) groups is 1. The molecule has 1 aliphatic heterocycles. The standard InChI is InChI=1S/C18H18O2/c1-11-4-6-14(7-5-11)15-10-17(19)20-16-9-12(2)8-13(3)18(15)16/h4-9,15H,10H2,1-3H3/t15-/m1/s1. The van der Waals surface area contributed by atoms with E-state index >= 15 is 0 Å². The van der Waals surface area contributed by atoms with Crippen LogP contribution in [0.25, 0.3) is 0 Å². The van der Waals surface area contributed by atoms with Crippen molar-refractivity contribution in [1.82, 2.24) is 0 Å². The van der Waals surface area contributed by atoms with Crippen LogP contribution in [0.1, 0.15) is 40.2 Å². The van der Waals surface area contributed by atoms with Gasteiger partial charge in [-0.3, -0.25) is 4.79 Å². The van der Waals surface area contributed by atoms with Gasteiger partial charge in [0.1, 0.15) is 5.75 Å². The molecule has 1 heterocycles. The van der Waals surface area contributed by atoms with Crippen LogP contribution in [0.3, 0.4) is 0 Å². The molecule has 0 unspecified atom stereocenters. The van der Waals surface area contributed by atoms with E-state index in [9.17, 15) is 4.79 Å². The largest absolute Gasteiger partial charge is 0.426 e. The maximum Gasteiger partial charge on any atom is 0.312 e. The summed E-state index contributed by atoms with van der Waals surface area (Å²) in [6, 6.07) is 12.5. The second-order valence-corrected chi connectivity index (χ2v) is 5.64. The number of hydrogen-bond donors (Lipinski definition) is 0. The van der Waals surface area contributed by atoms with Crippen LogP contribution in [0.5, 0.6) is 5.75 Å². The van der Waals surface area contributed by atoms with Crippen LogP contribution < -0.4 is 4.74 Å². The van der Waals surface area contributed by atoms with Crippen LogP contribution in [0, 0.1) is 20.8 Å². The summed E-state index contributed by atoms with van der Waals surface area (Å²) in [5, 5.41) is 0. The van der Waals surface area contributed by atoms with Crippen LogP contribution in [0.15, 0.2) is 36.4 Å². The van der Waals surface area contributed by atoms with Gasteiger partial charge in [0.05, 0.1) is 6.42 Å². The highest BCUT2D eigenvalue weighted by molar-refractivity contribution is 5.78. The predicted molar refractivity (Wildman–Crippen MR) is 79.2 cm³/mol. The van der Waals surface area contributed by atoms with Crippen molar-refractivity contribution in [1.29, 1.82) is 0 Å². The zero-order chi connectivity index (χ0) is 14.3. The number of rotatable bonds is 1. The molecular formula is C18H18O2. The molecule has 0 saturated carbocycles. The number of ether oxygens (including phenoxy) is 1. The number of hydrogen-bond acceptors (Lipinski definition) is 2. The number of esters is 1. The molecule has 20 heavy (non-hydrogen) atoms. The van der Waals surface area contributed by atoms with Crippen molar-refractivity contribution in [2.24, 2.45) is 0 Å². The van der Waals surface area contributed by atoms with Crippen molar-refractivity contribution < 1.29 is 9.53 Å². The van der Waals surface area contributed by atoms with Gasteiger partial charge >= 0.3 is 5.97 Å². The number of carbonyl (C=O) groups excluding carboxylic acids is 1. The minimum atomic E-state index is -0.145. The molecular weight excluding hydrogens is 248 g/mol. The van der Waals surface area contributed by atoms with Gasteiger partial charge < -0.3 is 4.74 Å². The lowest BCUT2D eigenvalue weighted by molar-refractivity contribution is -0.135. The van der Waals surface area contributed by atoms with Gasteiger partial charge in [-0.2, -0.15) is 0 Å². The topological polar surface area (TPSA) is 26.3 Å². The van der Waals surface area contributed by atoms with Crippen LogP contribution in [0.4, 0.5) is 0 Å².